The van der Waals surface area contributed by atoms with Crippen LogP contribution in [0, 0.1) is 11.3 Å². The molecule has 0 bridgehead atoms. The van der Waals surface area contributed by atoms with Crippen LogP contribution in [-0.4, -0.2) is 0 Å². The number of nitrogens with zero attached hydrogens (tertiary/aromatic N) is 1. The molecule has 0 aromatic carbocycles. The van der Waals surface area contributed by atoms with Gasteiger partial charge in [-0.25, -0.2) is 0 Å². The zero-order chi connectivity index (χ0) is 7.98. The SMILES string of the molecule is CC/C(C)=C(\CC)CC#N. The quantitative estimate of drug-likeness (QED) is 0.548. The van der Waals surface area contributed by atoms with Gasteiger partial charge in [-0.15, -0.1) is 0 Å². The van der Waals surface area contributed by atoms with E-state index >= 15 is 0 Å². The molecule has 0 aromatic heterocycles. The Labute approximate surface area is 63.4 Å². The summed E-state index contributed by atoms with van der Waals surface area (Å²) in [5, 5.41) is 8.43. The molecule has 0 aromatic rings. The summed E-state index contributed by atoms with van der Waals surface area (Å²) in [7, 11) is 0. The Morgan fingerprint density at radius 3 is 2.20 bits per heavy atom. The normalized spacial score (nSPS) is 12.2. The molecule has 0 fully saturated rings. The van der Waals surface area contributed by atoms with Crippen LogP contribution >= 0.6 is 0 Å². The van der Waals surface area contributed by atoms with E-state index in [9.17, 15) is 0 Å². The van der Waals surface area contributed by atoms with Gasteiger partial charge < -0.3 is 0 Å². The topological polar surface area (TPSA) is 23.8 Å². The number of nitriles is 1. The van der Waals surface area contributed by atoms with Gasteiger partial charge in [0.2, 0.25) is 0 Å². The fraction of sp³-hybridized carbons (Fsp3) is 0.667. The average molecular weight is 137 g/mol. The third-order valence-corrected chi connectivity index (χ3v) is 1.85. The van der Waals surface area contributed by atoms with E-state index in [1.807, 2.05) is 0 Å². The Kier molecular flexibility index (Phi) is 4.66. The van der Waals surface area contributed by atoms with Crippen molar-refractivity contribution in [2.45, 2.75) is 40.0 Å². The first-order valence-corrected chi connectivity index (χ1v) is 3.80. The minimum absolute atomic E-state index is 0.607. The molecule has 0 heterocycles. The van der Waals surface area contributed by atoms with Crippen molar-refractivity contribution in [3.8, 4) is 6.07 Å². The molecule has 0 unspecified atom stereocenters. The number of allylic oxidation sites excluding steroid dienone is 2. The third kappa shape index (κ3) is 2.68. The highest BCUT2D eigenvalue weighted by atomic mass is 14.2. The van der Waals surface area contributed by atoms with Crippen LogP contribution in [0.2, 0.25) is 0 Å². The maximum atomic E-state index is 8.43. The standard InChI is InChI=1S/C9H15N/c1-4-8(3)9(5-2)6-7-10/h4-6H2,1-3H3/b9-8+. The van der Waals surface area contributed by atoms with Gasteiger partial charge in [-0.1, -0.05) is 25.0 Å². The highest BCUT2D eigenvalue weighted by molar-refractivity contribution is 5.14. The molecular formula is C9H15N. The van der Waals surface area contributed by atoms with Crippen LogP contribution in [0.3, 0.4) is 0 Å². The Bertz CT molecular complexity index is 160. The summed E-state index contributed by atoms with van der Waals surface area (Å²) in [6.45, 7) is 6.34. The number of hydrogen-bond acceptors (Lipinski definition) is 1. The molecule has 0 radical (unpaired) electrons. The molecule has 10 heavy (non-hydrogen) atoms. The van der Waals surface area contributed by atoms with Gasteiger partial charge in [0, 0.05) is 0 Å². The van der Waals surface area contributed by atoms with Crippen LogP contribution in [0.15, 0.2) is 11.1 Å². The van der Waals surface area contributed by atoms with Crippen molar-refractivity contribution in [1.29, 1.82) is 5.26 Å². The molecule has 56 valence electrons. The van der Waals surface area contributed by atoms with Crippen molar-refractivity contribution in [2.75, 3.05) is 0 Å². The summed E-state index contributed by atoms with van der Waals surface area (Å²) in [4.78, 5) is 0. The summed E-state index contributed by atoms with van der Waals surface area (Å²) in [6.07, 6.45) is 2.70. The summed E-state index contributed by atoms with van der Waals surface area (Å²) >= 11 is 0. The van der Waals surface area contributed by atoms with Crippen LogP contribution in [0.25, 0.3) is 0 Å². The molecular weight excluding hydrogens is 122 g/mol. The molecule has 0 saturated heterocycles. The summed E-state index contributed by atoms with van der Waals surface area (Å²) < 4.78 is 0. The molecule has 0 saturated carbocycles. The highest BCUT2D eigenvalue weighted by Crippen LogP contribution is 2.14. The van der Waals surface area contributed by atoms with Crippen LogP contribution in [0.1, 0.15) is 40.0 Å². The first kappa shape index (κ1) is 9.23. The molecule has 0 N–H and O–H groups in total. The second-order valence-electron chi connectivity index (χ2n) is 2.43. The van der Waals surface area contributed by atoms with Gasteiger partial charge in [0.1, 0.15) is 0 Å². The predicted molar refractivity (Wildman–Crippen MR) is 43.5 cm³/mol. The van der Waals surface area contributed by atoms with E-state index in [0.717, 1.165) is 12.8 Å². The van der Waals surface area contributed by atoms with Crippen molar-refractivity contribution in [2.24, 2.45) is 0 Å². The summed E-state index contributed by atoms with van der Waals surface area (Å²) in [5.41, 5.74) is 2.69. The Balaban J connectivity index is 4.17. The van der Waals surface area contributed by atoms with Gasteiger partial charge in [0.25, 0.3) is 0 Å². The van der Waals surface area contributed by atoms with Gasteiger partial charge in [-0.3, -0.25) is 0 Å². The minimum Gasteiger partial charge on any atom is -0.198 e. The average Bonchev–Trinajstić information content (AvgIpc) is 1.99. The van der Waals surface area contributed by atoms with Gasteiger partial charge in [-0.05, 0) is 19.8 Å². The molecule has 1 nitrogen and oxygen atoms in total. The van der Waals surface area contributed by atoms with Crippen LogP contribution in [0.4, 0.5) is 0 Å². The molecule has 0 atom stereocenters. The second kappa shape index (κ2) is 5.05. The fourth-order valence-corrected chi connectivity index (χ4v) is 0.923. The van der Waals surface area contributed by atoms with Crippen LogP contribution in [0.5, 0.6) is 0 Å². The largest absolute Gasteiger partial charge is 0.198 e. The monoisotopic (exact) mass is 137 g/mol. The number of hydrogen-bond donors (Lipinski definition) is 0. The zero-order valence-corrected chi connectivity index (χ0v) is 7.07. The lowest BCUT2D eigenvalue weighted by atomic mass is 10.0. The van der Waals surface area contributed by atoms with Gasteiger partial charge in [0.05, 0.1) is 12.5 Å². The van der Waals surface area contributed by atoms with E-state index in [1.165, 1.54) is 11.1 Å². The van der Waals surface area contributed by atoms with Crippen molar-refractivity contribution in [3.63, 3.8) is 0 Å². The van der Waals surface area contributed by atoms with Crippen LogP contribution < -0.4 is 0 Å². The maximum Gasteiger partial charge on any atom is 0.0666 e. The Morgan fingerprint density at radius 2 is 1.90 bits per heavy atom. The summed E-state index contributed by atoms with van der Waals surface area (Å²) in [6, 6.07) is 2.18. The van der Waals surface area contributed by atoms with Gasteiger partial charge in [-0.2, -0.15) is 5.26 Å². The first-order valence-electron chi connectivity index (χ1n) is 3.80. The maximum absolute atomic E-state index is 8.43. The smallest absolute Gasteiger partial charge is 0.0666 e. The van der Waals surface area contributed by atoms with Crippen molar-refractivity contribution in [1.82, 2.24) is 0 Å². The van der Waals surface area contributed by atoms with E-state index in [4.69, 9.17) is 5.26 Å². The van der Waals surface area contributed by atoms with Crippen molar-refractivity contribution in [3.05, 3.63) is 11.1 Å². The molecule has 0 spiro atoms. The van der Waals surface area contributed by atoms with Gasteiger partial charge >= 0.3 is 0 Å². The molecule has 1 heteroatoms. The zero-order valence-electron chi connectivity index (χ0n) is 7.07. The lowest BCUT2D eigenvalue weighted by Gasteiger charge is -2.02. The fourth-order valence-electron chi connectivity index (χ4n) is 0.923. The van der Waals surface area contributed by atoms with Crippen molar-refractivity contribution >= 4 is 0 Å². The van der Waals surface area contributed by atoms with E-state index in [-0.39, 0.29) is 0 Å². The van der Waals surface area contributed by atoms with Crippen LogP contribution in [-0.2, 0) is 0 Å². The second-order valence-corrected chi connectivity index (χ2v) is 2.43. The molecule has 0 aliphatic carbocycles. The lowest BCUT2D eigenvalue weighted by molar-refractivity contribution is 0.949. The number of rotatable bonds is 3. The molecule has 0 rings (SSSR count). The first-order chi connectivity index (χ1) is 4.76. The lowest BCUT2D eigenvalue weighted by Crippen LogP contribution is -1.84. The summed E-state index contributed by atoms with van der Waals surface area (Å²) in [5.74, 6) is 0. The third-order valence-electron chi connectivity index (χ3n) is 1.85. The van der Waals surface area contributed by atoms with Crippen molar-refractivity contribution < 1.29 is 0 Å². The Hall–Kier alpha value is -0.770. The predicted octanol–water partition coefficient (Wildman–Crippen LogP) is 3.04. The Morgan fingerprint density at radius 1 is 1.30 bits per heavy atom. The van der Waals surface area contributed by atoms with Gasteiger partial charge in [0.15, 0.2) is 0 Å². The highest BCUT2D eigenvalue weighted by Gasteiger charge is 1.96. The van der Waals surface area contributed by atoms with E-state index in [2.05, 4.69) is 26.8 Å². The molecule has 0 aliphatic rings. The van der Waals surface area contributed by atoms with E-state index in [1.54, 1.807) is 0 Å². The van der Waals surface area contributed by atoms with E-state index in [0.29, 0.717) is 6.42 Å². The van der Waals surface area contributed by atoms with E-state index < -0.39 is 0 Å². The molecule has 0 aliphatic heterocycles. The molecule has 0 amide bonds. The minimum atomic E-state index is 0.607.